The molecule has 1 fully saturated rings. The lowest BCUT2D eigenvalue weighted by Gasteiger charge is -2.19. The second-order valence-corrected chi connectivity index (χ2v) is 3.74. The molecule has 0 radical (unpaired) electrons. The van der Waals surface area contributed by atoms with Crippen molar-refractivity contribution in [1.82, 2.24) is 5.32 Å². The molecule has 6 nitrogen and oxygen atoms in total. The summed E-state index contributed by atoms with van der Waals surface area (Å²) in [6.07, 6.45) is 4.61. The van der Waals surface area contributed by atoms with Crippen molar-refractivity contribution in [3.8, 4) is 0 Å². The molecule has 94 valence electrons. The van der Waals surface area contributed by atoms with E-state index in [2.05, 4.69) is 10.1 Å². The van der Waals surface area contributed by atoms with Gasteiger partial charge in [0.25, 0.3) is 0 Å². The lowest BCUT2D eigenvalue weighted by molar-refractivity contribution is -0.165. The third-order valence-electron chi connectivity index (χ3n) is 2.39. The third-order valence-corrected chi connectivity index (χ3v) is 2.39. The number of carbonyl (C=O) groups excluding carboxylic acids is 3. The molecule has 1 aromatic rings. The molecule has 1 aliphatic heterocycles. The molecule has 2 heterocycles. The minimum atomic E-state index is -0.767. The van der Waals surface area contributed by atoms with Crippen LogP contribution in [0.3, 0.4) is 0 Å². The van der Waals surface area contributed by atoms with Crippen LogP contribution < -0.4 is 5.32 Å². The van der Waals surface area contributed by atoms with Crippen molar-refractivity contribution in [2.24, 2.45) is 0 Å². The topological polar surface area (TPSA) is 85.6 Å². The van der Waals surface area contributed by atoms with Crippen molar-refractivity contribution < 1.29 is 23.5 Å². The number of ether oxygens (including phenoxy) is 1. The number of hydrogen-bond donors (Lipinski definition) is 1. The van der Waals surface area contributed by atoms with Crippen molar-refractivity contribution in [2.75, 3.05) is 0 Å². The smallest absolute Gasteiger partial charge is 0.336 e. The Morgan fingerprint density at radius 1 is 1.44 bits per heavy atom. The maximum atomic E-state index is 11.5. The molecule has 18 heavy (non-hydrogen) atoms. The Bertz CT molecular complexity index is 489. The normalized spacial score (nSPS) is 19.9. The maximum Gasteiger partial charge on any atom is 0.336 e. The highest BCUT2D eigenvalue weighted by atomic mass is 16.6. The minimum absolute atomic E-state index is 0.124. The molecule has 0 unspecified atom stereocenters. The molecule has 0 aromatic carbocycles. The van der Waals surface area contributed by atoms with E-state index in [1.165, 1.54) is 18.4 Å². The zero-order valence-corrected chi connectivity index (χ0v) is 9.42. The average molecular weight is 249 g/mol. The summed E-state index contributed by atoms with van der Waals surface area (Å²) in [4.78, 5) is 33.6. The van der Waals surface area contributed by atoms with E-state index in [4.69, 9.17) is 4.42 Å². The highest BCUT2D eigenvalue weighted by Gasteiger charge is 2.29. The molecule has 1 N–H and O–H groups in total. The van der Waals surface area contributed by atoms with Crippen LogP contribution in [0.25, 0.3) is 6.08 Å². The molecule has 0 aliphatic carbocycles. The minimum Gasteiger partial charge on any atom is -0.465 e. The number of amides is 1. The number of rotatable bonds is 3. The first-order valence-corrected chi connectivity index (χ1v) is 5.42. The molecule has 0 saturated carbocycles. The standard InChI is InChI=1S/C12H11NO5/c14-10(5-3-8-2-1-7-17-8)13-9-4-6-11(15)18-12(9)16/h1-3,5,7,9H,4,6H2,(H,13,14)/t9-/m0/s1. The Labute approximate surface area is 103 Å². The molecule has 1 amide bonds. The van der Waals surface area contributed by atoms with Gasteiger partial charge in [-0.2, -0.15) is 0 Å². The van der Waals surface area contributed by atoms with E-state index in [0.717, 1.165) is 0 Å². The van der Waals surface area contributed by atoms with Gasteiger partial charge in [0, 0.05) is 12.5 Å². The Morgan fingerprint density at radius 3 is 2.94 bits per heavy atom. The van der Waals surface area contributed by atoms with Gasteiger partial charge in [0.05, 0.1) is 6.26 Å². The number of hydrogen-bond acceptors (Lipinski definition) is 5. The van der Waals surface area contributed by atoms with Crippen LogP contribution in [-0.2, 0) is 19.1 Å². The van der Waals surface area contributed by atoms with Gasteiger partial charge >= 0.3 is 11.9 Å². The van der Waals surface area contributed by atoms with E-state index in [-0.39, 0.29) is 12.8 Å². The SMILES string of the molecule is O=C(C=Cc1ccco1)N[C@H]1CCC(=O)OC1=O. The van der Waals surface area contributed by atoms with Crippen molar-refractivity contribution in [3.05, 3.63) is 30.2 Å². The first-order valence-electron chi connectivity index (χ1n) is 5.42. The zero-order valence-electron chi connectivity index (χ0n) is 9.42. The van der Waals surface area contributed by atoms with Crippen LogP contribution in [0, 0.1) is 0 Å². The number of furan rings is 1. The lowest BCUT2D eigenvalue weighted by Crippen LogP contribution is -2.45. The van der Waals surface area contributed by atoms with Crippen LogP contribution >= 0.6 is 0 Å². The quantitative estimate of drug-likeness (QED) is 0.482. The van der Waals surface area contributed by atoms with E-state index in [9.17, 15) is 14.4 Å². The summed E-state index contributed by atoms with van der Waals surface area (Å²) < 4.78 is 9.42. The van der Waals surface area contributed by atoms with Crippen LogP contribution in [0.1, 0.15) is 18.6 Å². The highest BCUT2D eigenvalue weighted by molar-refractivity contribution is 5.97. The van der Waals surface area contributed by atoms with Gasteiger partial charge in [0.1, 0.15) is 11.8 Å². The summed E-state index contributed by atoms with van der Waals surface area (Å²) in [5, 5.41) is 2.46. The summed E-state index contributed by atoms with van der Waals surface area (Å²) >= 11 is 0. The van der Waals surface area contributed by atoms with Crippen LogP contribution in [-0.4, -0.2) is 23.9 Å². The highest BCUT2D eigenvalue weighted by Crippen LogP contribution is 2.09. The first-order chi connectivity index (χ1) is 8.65. The van der Waals surface area contributed by atoms with Crippen LogP contribution in [0.5, 0.6) is 0 Å². The predicted octanol–water partition coefficient (Wildman–Crippen LogP) is 0.641. The van der Waals surface area contributed by atoms with Crippen LogP contribution in [0.2, 0.25) is 0 Å². The van der Waals surface area contributed by atoms with Gasteiger partial charge in [-0.25, -0.2) is 4.79 Å². The van der Waals surface area contributed by atoms with E-state index < -0.39 is 23.9 Å². The summed E-state index contributed by atoms with van der Waals surface area (Å²) in [5.41, 5.74) is 0. The number of cyclic esters (lactones) is 2. The number of carbonyl (C=O) groups is 3. The van der Waals surface area contributed by atoms with Gasteiger partial charge in [-0.05, 0) is 24.6 Å². The van der Waals surface area contributed by atoms with Gasteiger partial charge in [0.15, 0.2) is 0 Å². The summed E-state index contributed by atoms with van der Waals surface area (Å²) in [6, 6.07) is 2.62. The Hall–Kier alpha value is -2.37. The van der Waals surface area contributed by atoms with Crippen LogP contribution in [0.4, 0.5) is 0 Å². The molecule has 6 heteroatoms. The fourth-order valence-electron chi connectivity index (χ4n) is 1.51. The van der Waals surface area contributed by atoms with E-state index in [0.29, 0.717) is 5.76 Å². The summed E-state index contributed by atoms with van der Waals surface area (Å²) in [5.74, 6) is -1.18. The fraction of sp³-hybridized carbons (Fsp3) is 0.250. The van der Waals surface area contributed by atoms with Gasteiger partial charge < -0.3 is 14.5 Å². The molecule has 0 spiro atoms. The number of nitrogens with one attached hydrogen (secondary N) is 1. The van der Waals surface area contributed by atoms with Gasteiger partial charge in [0.2, 0.25) is 5.91 Å². The maximum absolute atomic E-state index is 11.5. The molecule has 1 saturated heterocycles. The van der Waals surface area contributed by atoms with E-state index in [1.807, 2.05) is 0 Å². The van der Waals surface area contributed by atoms with Crippen molar-refractivity contribution in [2.45, 2.75) is 18.9 Å². The lowest BCUT2D eigenvalue weighted by atomic mass is 10.1. The Kier molecular flexibility index (Phi) is 3.57. The largest absolute Gasteiger partial charge is 0.465 e. The summed E-state index contributed by atoms with van der Waals surface area (Å²) in [7, 11) is 0. The van der Waals surface area contributed by atoms with Crippen molar-refractivity contribution in [3.63, 3.8) is 0 Å². The van der Waals surface area contributed by atoms with E-state index in [1.54, 1.807) is 12.1 Å². The van der Waals surface area contributed by atoms with Crippen molar-refractivity contribution >= 4 is 23.9 Å². The molecule has 1 aliphatic rings. The molecular formula is C12H11NO5. The summed E-state index contributed by atoms with van der Waals surface area (Å²) in [6.45, 7) is 0. The van der Waals surface area contributed by atoms with Crippen LogP contribution in [0.15, 0.2) is 28.9 Å². The van der Waals surface area contributed by atoms with Gasteiger partial charge in [-0.15, -0.1) is 0 Å². The molecule has 0 bridgehead atoms. The molecular weight excluding hydrogens is 238 g/mol. The van der Waals surface area contributed by atoms with Gasteiger partial charge in [-0.1, -0.05) is 0 Å². The second kappa shape index (κ2) is 5.31. The average Bonchev–Trinajstić information content (AvgIpc) is 2.83. The zero-order chi connectivity index (χ0) is 13.0. The monoisotopic (exact) mass is 249 g/mol. The number of esters is 2. The molecule has 1 aromatic heterocycles. The first kappa shape index (κ1) is 12.1. The predicted molar refractivity (Wildman–Crippen MR) is 60.0 cm³/mol. The molecule has 2 rings (SSSR count). The Balaban J connectivity index is 1.88. The van der Waals surface area contributed by atoms with Crippen molar-refractivity contribution in [1.29, 1.82) is 0 Å². The van der Waals surface area contributed by atoms with Gasteiger partial charge in [-0.3, -0.25) is 9.59 Å². The fourth-order valence-corrected chi connectivity index (χ4v) is 1.51. The van der Waals surface area contributed by atoms with E-state index >= 15 is 0 Å². The third kappa shape index (κ3) is 3.07. The Morgan fingerprint density at radius 2 is 2.28 bits per heavy atom. The molecule has 1 atom stereocenters. The second-order valence-electron chi connectivity index (χ2n) is 3.74.